The maximum absolute atomic E-state index is 8.60. The zero-order valence-corrected chi connectivity index (χ0v) is 8.16. The Morgan fingerprint density at radius 3 is 2.85 bits per heavy atom. The van der Waals surface area contributed by atoms with Crippen molar-refractivity contribution in [2.45, 2.75) is 32.6 Å². The highest BCUT2D eigenvalue weighted by molar-refractivity contribution is 5.15. The minimum Gasteiger partial charge on any atom is -0.396 e. The van der Waals surface area contributed by atoms with Crippen molar-refractivity contribution in [3.63, 3.8) is 0 Å². The molecule has 0 spiro atoms. The fourth-order valence-electron chi connectivity index (χ4n) is 1.38. The topological polar surface area (TPSA) is 33.1 Å². The second-order valence-corrected chi connectivity index (χ2v) is 3.34. The molecule has 0 atom stereocenters. The molecule has 2 nitrogen and oxygen atoms in total. The maximum atomic E-state index is 8.60. The SMILES string of the molecule is Cc1cc(CCCCCO)ccn1. The zero-order chi connectivity index (χ0) is 9.52. The number of aliphatic hydroxyl groups is 1. The van der Waals surface area contributed by atoms with Crippen LogP contribution in [0.15, 0.2) is 18.3 Å². The van der Waals surface area contributed by atoms with Gasteiger partial charge in [-0.3, -0.25) is 4.98 Å². The minimum absolute atomic E-state index is 0.315. The molecule has 0 aliphatic rings. The van der Waals surface area contributed by atoms with Gasteiger partial charge in [0.2, 0.25) is 0 Å². The van der Waals surface area contributed by atoms with Crippen molar-refractivity contribution in [2.75, 3.05) is 6.61 Å². The lowest BCUT2D eigenvalue weighted by Crippen LogP contribution is -1.90. The van der Waals surface area contributed by atoms with Gasteiger partial charge in [-0.05, 0) is 43.9 Å². The van der Waals surface area contributed by atoms with Gasteiger partial charge in [-0.25, -0.2) is 0 Å². The molecule has 0 aromatic carbocycles. The monoisotopic (exact) mass is 179 g/mol. The summed E-state index contributed by atoms with van der Waals surface area (Å²) in [5, 5.41) is 8.60. The molecule has 0 bridgehead atoms. The largest absolute Gasteiger partial charge is 0.396 e. The Morgan fingerprint density at radius 2 is 2.15 bits per heavy atom. The molecule has 0 aliphatic heterocycles. The van der Waals surface area contributed by atoms with Gasteiger partial charge in [0.25, 0.3) is 0 Å². The quantitative estimate of drug-likeness (QED) is 0.702. The Balaban J connectivity index is 2.28. The number of aliphatic hydroxyl groups excluding tert-OH is 1. The first-order valence-corrected chi connectivity index (χ1v) is 4.85. The van der Waals surface area contributed by atoms with Gasteiger partial charge in [0.1, 0.15) is 0 Å². The third kappa shape index (κ3) is 4.04. The van der Waals surface area contributed by atoms with E-state index in [0.29, 0.717) is 6.61 Å². The first kappa shape index (κ1) is 10.2. The molecule has 1 heterocycles. The number of aryl methyl sites for hydroxylation is 2. The summed E-state index contributed by atoms with van der Waals surface area (Å²) in [6.45, 7) is 2.33. The average molecular weight is 179 g/mol. The van der Waals surface area contributed by atoms with Crippen LogP contribution in [0.3, 0.4) is 0 Å². The van der Waals surface area contributed by atoms with Gasteiger partial charge in [0, 0.05) is 18.5 Å². The van der Waals surface area contributed by atoms with Crippen molar-refractivity contribution in [3.8, 4) is 0 Å². The van der Waals surface area contributed by atoms with Gasteiger partial charge in [-0.2, -0.15) is 0 Å². The molecule has 0 radical (unpaired) electrons. The molecule has 0 fully saturated rings. The minimum atomic E-state index is 0.315. The lowest BCUT2D eigenvalue weighted by atomic mass is 10.1. The molecule has 1 rings (SSSR count). The Labute approximate surface area is 79.6 Å². The number of unbranched alkanes of at least 4 members (excludes halogenated alkanes) is 2. The third-order valence-electron chi connectivity index (χ3n) is 2.08. The molecule has 0 saturated heterocycles. The van der Waals surface area contributed by atoms with Crippen LogP contribution in [-0.2, 0) is 6.42 Å². The van der Waals surface area contributed by atoms with Gasteiger partial charge < -0.3 is 5.11 Å². The first-order valence-electron chi connectivity index (χ1n) is 4.85. The Hall–Kier alpha value is -0.890. The molecule has 1 aromatic heterocycles. The van der Waals surface area contributed by atoms with Crippen molar-refractivity contribution in [3.05, 3.63) is 29.6 Å². The summed E-state index contributed by atoms with van der Waals surface area (Å²) in [5.74, 6) is 0. The summed E-state index contributed by atoms with van der Waals surface area (Å²) in [5.41, 5.74) is 2.44. The molecule has 13 heavy (non-hydrogen) atoms. The summed E-state index contributed by atoms with van der Waals surface area (Å²) in [7, 11) is 0. The van der Waals surface area contributed by atoms with Crippen LogP contribution in [0.1, 0.15) is 30.5 Å². The standard InChI is InChI=1S/C11H17NO/c1-10-9-11(6-7-12-10)5-3-2-4-8-13/h6-7,9,13H,2-5,8H2,1H3. The first-order chi connectivity index (χ1) is 6.33. The van der Waals surface area contributed by atoms with Crippen LogP contribution >= 0.6 is 0 Å². The third-order valence-corrected chi connectivity index (χ3v) is 2.08. The Morgan fingerprint density at radius 1 is 1.31 bits per heavy atom. The molecular formula is C11H17NO. The van der Waals surface area contributed by atoms with E-state index < -0.39 is 0 Å². The van der Waals surface area contributed by atoms with Gasteiger partial charge >= 0.3 is 0 Å². The highest BCUT2D eigenvalue weighted by Gasteiger charge is 1.93. The lowest BCUT2D eigenvalue weighted by Gasteiger charge is -2.01. The van der Waals surface area contributed by atoms with E-state index in [1.165, 1.54) is 5.56 Å². The van der Waals surface area contributed by atoms with E-state index in [1.807, 2.05) is 13.1 Å². The van der Waals surface area contributed by atoms with E-state index in [2.05, 4.69) is 17.1 Å². The molecule has 0 amide bonds. The molecule has 0 saturated carbocycles. The molecule has 0 unspecified atom stereocenters. The van der Waals surface area contributed by atoms with Gasteiger partial charge in [0.05, 0.1) is 0 Å². The van der Waals surface area contributed by atoms with Crippen LogP contribution < -0.4 is 0 Å². The van der Waals surface area contributed by atoms with E-state index in [0.717, 1.165) is 31.4 Å². The highest BCUT2D eigenvalue weighted by Crippen LogP contribution is 2.06. The summed E-state index contributed by atoms with van der Waals surface area (Å²) in [4.78, 5) is 4.14. The highest BCUT2D eigenvalue weighted by atomic mass is 16.2. The van der Waals surface area contributed by atoms with E-state index >= 15 is 0 Å². The summed E-state index contributed by atoms with van der Waals surface area (Å²) in [6.07, 6.45) is 6.14. The number of nitrogens with zero attached hydrogens (tertiary/aromatic N) is 1. The van der Waals surface area contributed by atoms with Crippen LogP contribution in [0.2, 0.25) is 0 Å². The molecule has 0 aliphatic carbocycles. The number of pyridine rings is 1. The molecule has 2 heteroatoms. The fourth-order valence-corrected chi connectivity index (χ4v) is 1.38. The molecule has 72 valence electrons. The van der Waals surface area contributed by atoms with Gasteiger partial charge in [-0.15, -0.1) is 0 Å². The van der Waals surface area contributed by atoms with Crippen molar-refractivity contribution < 1.29 is 5.11 Å². The van der Waals surface area contributed by atoms with E-state index in [4.69, 9.17) is 5.11 Å². The molecular weight excluding hydrogens is 162 g/mol. The van der Waals surface area contributed by atoms with Crippen LogP contribution in [0.25, 0.3) is 0 Å². The summed E-state index contributed by atoms with van der Waals surface area (Å²) < 4.78 is 0. The Bertz CT molecular complexity index is 248. The van der Waals surface area contributed by atoms with Gasteiger partial charge in [-0.1, -0.05) is 6.42 Å². The molecule has 1 aromatic rings. The number of hydrogen-bond donors (Lipinski definition) is 1. The van der Waals surface area contributed by atoms with Crippen molar-refractivity contribution >= 4 is 0 Å². The van der Waals surface area contributed by atoms with Crippen molar-refractivity contribution in [2.24, 2.45) is 0 Å². The number of rotatable bonds is 5. The van der Waals surface area contributed by atoms with Crippen LogP contribution in [-0.4, -0.2) is 16.7 Å². The van der Waals surface area contributed by atoms with E-state index in [1.54, 1.807) is 0 Å². The van der Waals surface area contributed by atoms with Crippen molar-refractivity contribution in [1.29, 1.82) is 0 Å². The molecule has 1 N–H and O–H groups in total. The second-order valence-electron chi connectivity index (χ2n) is 3.34. The number of hydrogen-bond acceptors (Lipinski definition) is 2. The van der Waals surface area contributed by atoms with E-state index in [9.17, 15) is 0 Å². The fraction of sp³-hybridized carbons (Fsp3) is 0.545. The predicted octanol–water partition coefficient (Wildman–Crippen LogP) is 2.10. The summed E-state index contributed by atoms with van der Waals surface area (Å²) >= 11 is 0. The van der Waals surface area contributed by atoms with E-state index in [-0.39, 0.29) is 0 Å². The maximum Gasteiger partial charge on any atom is 0.0431 e. The van der Waals surface area contributed by atoms with Crippen molar-refractivity contribution in [1.82, 2.24) is 4.98 Å². The zero-order valence-electron chi connectivity index (χ0n) is 8.16. The Kier molecular flexibility index (Phi) is 4.47. The van der Waals surface area contributed by atoms with Crippen LogP contribution in [0.5, 0.6) is 0 Å². The van der Waals surface area contributed by atoms with Gasteiger partial charge in [0.15, 0.2) is 0 Å². The van der Waals surface area contributed by atoms with Crippen LogP contribution in [0, 0.1) is 6.92 Å². The normalized spacial score (nSPS) is 10.3. The lowest BCUT2D eigenvalue weighted by molar-refractivity contribution is 0.283. The van der Waals surface area contributed by atoms with Crippen LogP contribution in [0.4, 0.5) is 0 Å². The predicted molar refractivity (Wildman–Crippen MR) is 53.6 cm³/mol. The smallest absolute Gasteiger partial charge is 0.0431 e. The average Bonchev–Trinajstić information content (AvgIpc) is 2.13. The summed E-state index contributed by atoms with van der Waals surface area (Å²) in [6, 6.07) is 4.19. The second kappa shape index (κ2) is 5.70. The number of aromatic nitrogens is 1.